The van der Waals surface area contributed by atoms with E-state index in [4.69, 9.17) is 0 Å². The van der Waals surface area contributed by atoms with Gasteiger partial charge in [-0.15, -0.1) is 12.4 Å². The summed E-state index contributed by atoms with van der Waals surface area (Å²) < 4.78 is 0. The topological polar surface area (TPSA) is 32.3 Å². The average Bonchev–Trinajstić information content (AvgIpc) is 2.65. The third-order valence-corrected chi connectivity index (χ3v) is 4.84. The van der Waals surface area contributed by atoms with Gasteiger partial charge in [0.15, 0.2) is 0 Å². The molecule has 0 saturated carbocycles. The molecule has 0 aliphatic rings. The Morgan fingerprint density at radius 3 is 2.11 bits per heavy atom. The van der Waals surface area contributed by atoms with E-state index in [-0.39, 0.29) is 18.3 Å². The first-order chi connectivity index (χ1) is 12.7. The maximum absolute atomic E-state index is 11.9. The highest BCUT2D eigenvalue weighted by Gasteiger charge is 2.03. The van der Waals surface area contributed by atoms with Crippen molar-refractivity contribution >= 4 is 18.3 Å². The van der Waals surface area contributed by atoms with Gasteiger partial charge in [0.2, 0.25) is 5.91 Å². The predicted molar refractivity (Wildman–Crippen MR) is 119 cm³/mol. The molecule has 0 unspecified atom stereocenters. The normalized spacial score (nSPS) is 10.6. The molecular weight excluding hydrogens is 356 g/mol. The Bertz CT molecular complexity index is 453. The molecule has 1 aromatic rings. The molecule has 27 heavy (non-hydrogen) atoms. The molecule has 1 N–H and O–H groups in total. The zero-order valence-corrected chi connectivity index (χ0v) is 18.4. The van der Waals surface area contributed by atoms with Gasteiger partial charge >= 0.3 is 0 Å². The van der Waals surface area contributed by atoms with Gasteiger partial charge in [-0.1, -0.05) is 88.6 Å². The van der Waals surface area contributed by atoms with Crippen LogP contribution in [0.3, 0.4) is 0 Å². The lowest BCUT2D eigenvalue weighted by Gasteiger charge is -2.16. The molecule has 1 amide bonds. The fraction of sp³-hybridized carbons (Fsp3) is 0.696. The first-order valence-corrected chi connectivity index (χ1v) is 10.7. The van der Waals surface area contributed by atoms with E-state index in [0.717, 1.165) is 32.5 Å². The zero-order chi connectivity index (χ0) is 18.9. The molecule has 0 saturated heterocycles. The number of nitrogens with one attached hydrogen (secondary N) is 1. The van der Waals surface area contributed by atoms with E-state index in [1.807, 2.05) is 6.07 Å². The number of amides is 1. The zero-order valence-electron chi connectivity index (χ0n) is 17.5. The lowest BCUT2D eigenvalue weighted by atomic mass is 10.1. The monoisotopic (exact) mass is 396 g/mol. The van der Waals surface area contributed by atoms with Crippen LogP contribution in [0.4, 0.5) is 0 Å². The number of hydrogen-bond acceptors (Lipinski definition) is 2. The second kappa shape index (κ2) is 18.3. The minimum Gasteiger partial charge on any atom is -0.356 e. The maximum Gasteiger partial charge on any atom is 0.219 e. The number of halogens is 1. The number of hydrogen-bond donors (Lipinski definition) is 1. The molecule has 3 nitrogen and oxygen atoms in total. The quantitative estimate of drug-likeness (QED) is 0.349. The van der Waals surface area contributed by atoms with E-state index in [2.05, 4.69) is 48.5 Å². The van der Waals surface area contributed by atoms with Crippen molar-refractivity contribution in [1.82, 2.24) is 10.2 Å². The highest BCUT2D eigenvalue weighted by atomic mass is 35.5. The van der Waals surface area contributed by atoms with Crippen molar-refractivity contribution in [2.45, 2.75) is 84.1 Å². The van der Waals surface area contributed by atoms with Crippen molar-refractivity contribution < 1.29 is 4.79 Å². The number of nitrogens with zero attached hydrogens (tertiary/aromatic N) is 1. The molecule has 0 atom stereocenters. The van der Waals surface area contributed by atoms with E-state index in [1.165, 1.54) is 56.9 Å². The summed E-state index contributed by atoms with van der Waals surface area (Å²) in [6.07, 6.45) is 13.4. The average molecular weight is 397 g/mol. The predicted octanol–water partition coefficient (Wildman–Crippen LogP) is 5.97. The van der Waals surface area contributed by atoms with E-state index in [9.17, 15) is 4.79 Å². The first-order valence-electron chi connectivity index (χ1n) is 10.7. The number of unbranched alkanes of at least 4 members (excludes halogenated alkanes) is 8. The number of rotatable bonds is 16. The summed E-state index contributed by atoms with van der Waals surface area (Å²) in [5.74, 6) is 0.221. The van der Waals surface area contributed by atoms with Crippen molar-refractivity contribution in [3.8, 4) is 0 Å². The summed E-state index contributed by atoms with van der Waals surface area (Å²) >= 11 is 0. The van der Waals surface area contributed by atoms with Crippen molar-refractivity contribution in [1.29, 1.82) is 0 Å². The summed E-state index contributed by atoms with van der Waals surface area (Å²) in [6.45, 7) is 5.02. The van der Waals surface area contributed by atoms with Crippen LogP contribution in [-0.2, 0) is 11.3 Å². The minimum absolute atomic E-state index is 0. The van der Waals surface area contributed by atoms with Gasteiger partial charge in [-0.05, 0) is 32.0 Å². The van der Waals surface area contributed by atoms with E-state index >= 15 is 0 Å². The third kappa shape index (κ3) is 15.7. The molecule has 1 aromatic carbocycles. The van der Waals surface area contributed by atoms with E-state index < -0.39 is 0 Å². The summed E-state index contributed by atoms with van der Waals surface area (Å²) in [5.41, 5.74) is 1.34. The number of benzene rings is 1. The Labute approximate surface area is 173 Å². The van der Waals surface area contributed by atoms with Gasteiger partial charge in [-0.3, -0.25) is 4.79 Å². The lowest BCUT2D eigenvalue weighted by Crippen LogP contribution is -2.27. The van der Waals surface area contributed by atoms with Crippen molar-refractivity contribution in [2.24, 2.45) is 0 Å². The molecule has 0 aliphatic heterocycles. The highest BCUT2D eigenvalue weighted by Crippen LogP contribution is 2.10. The van der Waals surface area contributed by atoms with Crippen LogP contribution in [-0.4, -0.2) is 30.9 Å². The van der Waals surface area contributed by atoms with Gasteiger partial charge in [0.05, 0.1) is 0 Å². The van der Waals surface area contributed by atoms with Crippen LogP contribution < -0.4 is 5.32 Å². The number of carbonyl (C=O) groups excluding carboxylic acids is 1. The molecule has 156 valence electrons. The highest BCUT2D eigenvalue weighted by molar-refractivity contribution is 5.85. The molecular formula is C23H41ClN2O. The smallest absolute Gasteiger partial charge is 0.219 e. The molecule has 0 spiro atoms. The van der Waals surface area contributed by atoms with E-state index in [0.29, 0.717) is 6.42 Å². The van der Waals surface area contributed by atoms with Crippen molar-refractivity contribution in [3.05, 3.63) is 35.9 Å². The molecule has 0 fully saturated rings. The standard InChI is InChI=1S/C23H40N2O.ClH/c1-3-4-5-6-7-8-9-10-14-18-23(26)24-19-15-20-25(2)21-22-16-12-11-13-17-22;/h11-13,16-17H,3-10,14-15,18-21H2,1-2H3,(H,24,26);1H. The van der Waals surface area contributed by atoms with Gasteiger partial charge in [0, 0.05) is 19.5 Å². The van der Waals surface area contributed by atoms with Gasteiger partial charge in [0.1, 0.15) is 0 Å². The minimum atomic E-state index is 0. The lowest BCUT2D eigenvalue weighted by molar-refractivity contribution is -0.121. The fourth-order valence-corrected chi connectivity index (χ4v) is 3.24. The van der Waals surface area contributed by atoms with Gasteiger partial charge in [-0.25, -0.2) is 0 Å². The Kier molecular flexibility index (Phi) is 17.6. The van der Waals surface area contributed by atoms with Crippen LogP contribution in [0.1, 0.15) is 83.1 Å². The summed E-state index contributed by atoms with van der Waals surface area (Å²) in [4.78, 5) is 14.2. The molecule has 0 heterocycles. The van der Waals surface area contributed by atoms with Gasteiger partial charge in [-0.2, -0.15) is 0 Å². The third-order valence-electron chi connectivity index (χ3n) is 4.84. The molecule has 0 radical (unpaired) electrons. The van der Waals surface area contributed by atoms with Crippen LogP contribution in [0, 0.1) is 0 Å². The fourth-order valence-electron chi connectivity index (χ4n) is 3.24. The van der Waals surface area contributed by atoms with Crippen LogP contribution in [0.2, 0.25) is 0 Å². The molecule has 1 rings (SSSR count). The van der Waals surface area contributed by atoms with Gasteiger partial charge in [0.25, 0.3) is 0 Å². The summed E-state index contributed by atoms with van der Waals surface area (Å²) in [5, 5.41) is 3.06. The van der Waals surface area contributed by atoms with Crippen molar-refractivity contribution in [2.75, 3.05) is 20.1 Å². The van der Waals surface area contributed by atoms with Crippen LogP contribution in [0.15, 0.2) is 30.3 Å². The second-order valence-electron chi connectivity index (χ2n) is 7.51. The summed E-state index contributed by atoms with van der Waals surface area (Å²) in [7, 11) is 2.14. The molecule has 4 heteroatoms. The molecule has 0 aromatic heterocycles. The van der Waals surface area contributed by atoms with Crippen LogP contribution >= 0.6 is 12.4 Å². The van der Waals surface area contributed by atoms with Crippen molar-refractivity contribution in [3.63, 3.8) is 0 Å². The molecule has 0 bridgehead atoms. The summed E-state index contributed by atoms with van der Waals surface area (Å²) in [6, 6.07) is 10.5. The van der Waals surface area contributed by atoms with Gasteiger partial charge < -0.3 is 10.2 Å². The second-order valence-corrected chi connectivity index (χ2v) is 7.51. The van der Waals surface area contributed by atoms with Crippen LogP contribution in [0.25, 0.3) is 0 Å². The number of carbonyl (C=O) groups is 1. The Morgan fingerprint density at radius 2 is 1.48 bits per heavy atom. The van der Waals surface area contributed by atoms with Crippen LogP contribution in [0.5, 0.6) is 0 Å². The van der Waals surface area contributed by atoms with E-state index in [1.54, 1.807) is 0 Å². The Hall–Kier alpha value is -1.06. The maximum atomic E-state index is 11.9. The first kappa shape index (κ1) is 25.9. The molecule has 0 aliphatic carbocycles. The largest absolute Gasteiger partial charge is 0.356 e. The Balaban J connectivity index is 0.00000676. The SMILES string of the molecule is CCCCCCCCCCCC(=O)NCCCN(C)Cc1ccccc1.Cl. The Morgan fingerprint density at radius 1 is 0.889 bits per heavy atom.